The second kappa shape index (κ2) is 4.91. The van der Waals surface area contributed by atoms with E-state index in [0.29, 0.717) is 23.4 Å². The number of nitrogens with one attached hydrogen (secondary N) is 1. The van der Waals surface area contributed by atoms with Crippen LogP contribution >= 0.6 is 0 Å². The molecule has 0 aliphatic heterocycles. The number of benzene rings is 1. The maximum atomic E-state index is 13.1. The molecule has 0 aliphatic carbocycles. The van der Waals surface area contributed by atoms with Crippen LogP contribution < -0.4 is 11.1 Å². The summed E-state index contributed by atoms with van der Waals surface area (Å²) in [6, 6.07) is 5.47. The molecule has 0 saturated heterocycles. The van der Waals surface area contributed by atoms with E-state index in [4.69, 9.17) is 10.2 Å². The molecule has 4 nitrogen and oxygen atoms in total. The van der Waals surface area contributed by atoms with Crippen molar-refractivity contribution in [2.45, 2.75) is 13.3 Å². The summed E-state index contributed by atoms with van der Waals surface area (Å²) >= 11 is 0. The summed E-state index contributed by atoms with van der Waals surface area (Å²) in [4.78, 5) is 11.9. The van der Waals surface area contributed by atoms with Crippen LogP contribution in [0.4, 0.5) is 15.8 Å². The minimum absolute atomic E-state index is 0.258. The van der Waals surface area contributed by atoms with Crippen molar-refractivity contribution in [1.29, 1.82) is 0 Å². The van der Waals surface area contributed by atoms with Crippen LogP contribution in [0.25, 0.3) is 0 Å². The first-order chi connectivity index (χ1) is 8.60. The van der Waals surface area contributed by atoms with Crippen LogP contribution in [0.15, 0.2) is 34.9 Å². The van der Waals surface area contributed by atoms with Crippen molar-refractivity contribution in [1.82, 2.24) is 0 Å². The predicted octanol–water partition coefficient (Wildman–Crippen LogP) is 2.82. The molecule has 1 aromatic carbocycles. The molecule has 0 aliphatic rings. The van der Waals surface area contributed by atoms with Gasteiger partial charge in [0.25, 0.3) is 5.91 Å². The fourth-order valence-corrected chi connectivity index (χ4v) is 1.70. The third kappa shape index (κ3) is 2.51. The van der Waals surface area contributed by atoms with Crippen molar-refractivity contribution in [3.63, 3.8) is 0 Å². The van der Waals surface area contributed by atoms with E-state index in [1.165, 1.54) is 24.5 Å². The Morgan fingerprint density at radius 2 is 2.22 bits per heavy atom. The van der Waals surface area contributed by atoms with Gasteiger partial charge in [0.1, 0.15) is 11.6 Å². The van der Waals surface area contributed by atoms with Crippen LogP contribution in [0, 0.1) is 5.82 Å². The molecular weight excluding hydrogens is 235 g/mol. The molecule has 0 bridgehead atoms. The molecule has 0 atom stereocenters. The number of carbonyl (C=O) groups excluding carboxylic acids is 1. The highest BCUT2D eigenvalue weighted by Gasteiger charge is 2.13. The van der Waals surface area contributed by atoms with Gasteiger partial charge in [-0.05, 0) is 24.3 Å². The van der Waals surface area contributed by atoms with Crippen LogP contribution in [0.1, 0.15) is 23.0 Å². The summed E-state index contributed by atoms with van der Waals surface area (Å²) in [5, 5.41) is 2.58. The Balaban J connectivity index is 2.21. The molecular formula is C13H13FN2O2. The average molecular weight is 248 g/mol. The lowest BCUT2D eigenvalue weighted by molar-refractivity contribution is 0.102. The van der Waals surface area contributed by atoms with E-state index in [0.717, 1.165) is 0 Å². The first kappa shape index (κ1) is 12.2. The Bertz CT molecular complexity index is 558. The summed E-state index contributed by atoms with van der Waals surface area (Å²) in [5.41, 5.74) is 6.52. The molecule has 0 spiro atoms. The number of nitrogen functional groups attached to an aromatic ring is 1. The molecule has 94 valence electrons. The Morgan fingerprint density at radius 3 is 2.89 bits per heavy atom. The van der Waals surface area contributed by atoms with E-state index >= 15 is 0 Å². The minimum Gasteiger partial charge on any atom is -0.469 e. The van der Waals surface area contributed by atoms with Crippen molar-refractivity contribution in [3.05, 3.63) is 47.7 Å². The van der Waals surface area contributed by atoms with Crippen LogP contribution in [0.2, 0.25) is 0 Å². The maximum Gasteiger partial charge on any atom is 0.259 e. The van der Waals surface area contributed by atoms with Gasteiger partial charge in [0, 0.05) is 17.8 Å². The van der Waals surface area contributed by atoms with Crippen molar-refractivity contribution in [3.8, 4) is 0 Å². The number of rotatable bonds is 3. The molecule has 0 saturated carbocycles. The number of furan rings is 1. The Morgan fingerprint density at radius 1 is 1.44 bits per heavy atom. The molecule has 2 aromatic rings. The Hall–Kier alpha value is -2.30. The molecule has 1 aromatic heterocycles. The molecule has 0 fully saturated rings. The van der Waals surface area contributed by atoms with Gasteiger partial charge in [-0.1, -0.05) is 6.92 Å². The minimum atomic E-state index is -0.492. The van der Waals surface area contributed by atoms with Crippen LogP contribution in [-0.4, -0.2) is 5.91 Å². The van der Waals surface area contributed by atoms with E-state index in [9.17, 15) is 9.18 Å². The van der Waals surface area contributed by atoms with Crippen molar-refractivity contribution >= 4 is 17.3 Å². The van der Waals surface area contributed by atoms with Crippen LogP contribution in [0.3, 0.4) is 0 Å². The fourth-order valence-electron chi connectivity index (χ4n) is 1.70. The molecule has 18 heavy (non-hydrogen) atoms. The summed E-state index contributed by atoms with van der Waals surface area (Å²) in [5.74, 6) is -0.240. The van der Waals surface area contributed by atoms with Crippen LogP contribution in [-0.2, 0) is 6.42 Å². The monoisotopic (exact) mass is 248 g/mol. The molecule has 0 radical (unpaired) electrons. The number of amides is 1. The normalized spacial score (nSPS) is 10.3. The highest BCUT2D eigenvalue weighted by molar-refractivity contribution is 6.05. The second-order valence-corrected chi connectivity index (χ2v) is 3.84. The van der Waals surface area contributed by atoms with Crippen molar-refractivity contribution in [2.24, 2.45) is 0 Å². The topological polar surface area (TPSA) is 68.3 Å². The SMILES string of the molecule is CCc1occc1C(=O)Nc1cc(N)cc(F)c1. The van der Waals surface area contributed by atoms with E-state index in [1.807, 2.05) is 6.92 Å². The lowest BCUT2D eigenvalue weighted by atomic mass is 10.2. The average Bonchev–Trinajstić information content (AvgIpc) is 2.75. The van der Waals surface area contributed by atoms with Crippen molar-refractivity contribution in [2.75, 3.05) is 11.1 Å². The summed E-state index contributed by atoms with van der Waals surface area (Å²) in [6.07, 6.45) is 2.06. The molecule has 5 heteroatoms. The van der Waals surface area contributed by atoms with Gasteiger partial charge >= 0.3 is 0 Å². The highest BCUT2D eigenvalue weighted by atomic mass is 19.1. The summed E-state index contributed by atoms with van der Waals surface area (Å²) < 4.78 is 18.3. The zero-order valence-corrected chi connectivity index (χ0v) is 9.87. The third-order valence-corrected chi connectivity index (χ3v) is 2.49. The summed E-state index contributed by atoms with van der Waals surface area (Å²) in [6.45, 7) is 1.88. The zero-order valence-electron chi connectivity index (χ0n) is 9.87. The number of hydrogen-bond donors (Lipinski definition) is 2. The Kier molecular flexibility index (Phi) is 3.32. The fraction of sp³-hybridized carbons (Fsp3) is 0.154. The quantitative estimate of drug-likeness (QED) is 0.820. The van der Waals surface area contributed by atoms with Gasteiger partial charge in [0.2, 0.25) is 0 Å². The number of nitrogens with two attached hydrogens (primary N) is 1. The van der Waals surface area contributed by atoms with Gasteiger partial charge in [-0.2, -0.15) is 0 Å². The van der Waals surface area contributed by atoms with E-state index < -0.39 is 5.82 Å². The van der Waals surface area contributed by atoms with Gasteiger partial charge in [0.05, 0.1) is 11.8 Å². The number of halogens is 1. The molecule has 3 N–H and O–H groups in total. The maximum absolute atomic E-state index is 13.1. The molecule has 1 amide bonds. The van der Waals surface area contributed by atoms with Gasteiger partial charge in [-0.3, -0.25) is 4.79 Å². The second-order valence-electron chi connectivity index (χ2n) is 3.84. The standard InChI is InChI=1S/C13H13FN2O2/c1-2-12-11(3-4-18-12)13(17)16-10-6-8(14)5-9(15)7-10/h3-7H,2,15H2,1H3,(H,16,17). The zero-order chi connectivity index (χ0) is 13.1. The van der Waals surface area contributed by atoms with Gasteiger partial charge in [-0.15, -0.1) is 0 Å². The van der Waals surface area contributed by atoms with Crippen molar-refractivity contribution < 1.29 is 13.6 Å². The molecule has 0 unspecified atom stereocenters. The van der Waals surface area contributed by atoms with E-state index in [2.05, 4.69) is 5.32 Å². The van der Waals surface area contributed by atoms with Gasteiger partial charge in [-0.25, -0.2) is 4.39 Å². The smallest absolute Gasteiger partial charge is 0.259 e. The number of anilines is 2. The largest absolute Gasteiger partial charge is 0.469 e. The number of aryl methyl sites for hydroxylation is 1. The van der Waals surface area contributed by atoms with E-state index in [-0.39, 0.29) is 11.6 Å². The first-order valence-electron chi connectivity index (χ1n) is 5.54. The number of carbonyl (C=O) groups is 1. The number of hydrogen-bond acceptors (Lipinski definition) is 3. The molecule has 2 rings (SSSR count). The van der Waals surface area contributed by atoms with Gasteiger partial charge in [0.15, 0.2) is 0 Å². The molecule has 1 heterocycles. The third-order valence-electron chi connectivity index (χ3n) is 2.49. The van der Waals surface area contributed by atoms with Crippen LogP contribution in [0.5, 0.6) is 0 Å². The first-order valence-corrected chi connectivity index (χ1v) is 5.54. The predicted molar refractivity (Wildman–Crippen MR) is 66.9 cm³/mol. The lowest BCUT2D eigenvalue weighted by Crippen LogP contribution is -2.13. The van der Waals surface area contributed by atoms with E-state index in [1.54, 1.807) is 6.07 Å². The van der Waals surface area contributed by atoms with Gasteiger partial charge < -0.3 is 15.5 Å². The summed E-state index contributed by atoms with van der Waals surface area (Å²) in [7, 11) is 0. The highest BCUT2D eigenvalue weighted by Crippen LogP contribution is 2.18. The Labute approximate surface area is 104 Å². The lowest BCUT2D eigenvalue weighted by Gasteiger charge is -2.06.